The van der Waals surface area contributed by atoms with E-state index in [1.807, 2.05) is 12.1 Å². The zero-order valence-corrected chi connectivity index (χ0v) is 10.9. The maximum Gasteiger partial charge on any atom is 0.339 e. The highest BCUT2D eigenvalue weighted by Crippen LogP contribution is 2.19. The van der Waals surface area contributed by atoms with Crippen LogP contribution in [0.1, 0.15) is 15.9 Å². The molecule has 1 aromatic heterocycles. The molecule has 0 radical (unpaired) electrons. The summed E-state index contributed by atoms with van der Waals surface area (Å²) in [4.78, 5) is 15.8. The lowest BCUT2D eigenvalue weighted by Crippen LogP contribution is -2.09. The fourth-order valence-electron chi connectivity index (χ4n) is 1.59. The number of anilines is 1. The van der Waals surface area contributed by atoms with Crippen molar-refractivity contribution >= 4 is 23.3 Å². The lowest BCUT2D eigenvalue weighted by Gasteiger charge is -2.07. The van der Waals surface area contributed by atoms with Gasteiger partial charge in [0.2, 0.25) is 0 Å². The van der Waals surface area contributed by atoms with Gasteiger partial charge in [-0.3, -0.25) is 4.98 Å². The molecule has 98 valence electrons. The molecule has 0 fully saturated rings. The second-order valence-electron chi connectivity index (χ2n) is 3.98. The normalized spacial score (nSPS) is 10.2. The van der Waals surface area contributed by atoms with Crippen LogP contribution >= 0.6 is 11.6 Å². The third kappa shape index (κ3) is 3.69. The van der Waals surface area contributed by atoms with Crippen molar-refractivity contribution in [3.05, 3.63) is 58.9 Å². The van der Waals surface area contributed by atoms with Gasteiger partial charge >= 0.3 is 5.97 Å². The third-order valence-corrected chi connectivity index (χ3v) is 2.91. The minimum Gasteiger partial charge on any atom is -0.462 e. The highest BCUT2D eigenvalue weighted by Gasteiger charge is 2.12. The average Bonchev–Trinajstić information content (AvgIpc) is 2.42. The van der Waals surface area contributed by atoms with E-state index in [9.17, 15) is 4.79 Å². The van der Waals surface area contributed by atoms with Crippen LogP contribution in [0.15, 0.2) is 42.7 Å². The number of nitrogens with two attached hydrogens (primary N) is 1. The number of aromatic nitrogens is 1. The summed E-state index contributed by atoms with van der Waals surface area (Å²) < 4.78 is 5.17. The molecule has 0 aliphatic carbocycles. The molecule has 0 unspecified atom stereocenters. The molecule has 5 heteroatoms. The van der Waals surface area contributed by atoms with Crippen molar-refractivity contribution in [1.82, 2.24) is 4.98 Å². The van der Waals surface area contributed by atoms with Crippen molar-refractivity contribution in [2.24, 2.45) is 0 Å². The first-order valence-corrected chi connectivity index (χ1v) is 6.15. The van der Waals surface area contributed by atoms with E-state index >= 15 is 0 Å². The Kier molecular flexibility index (Phi) is 4.36. The van der Waals surface area contributed by atoms with E-state index in [4.69, 9.17) is 22.1 Å². The highest BCUT2D eigenvalue weighted by atomic mass is 35.5. The number of hydrogen-bond donors (Lipinski definition) is 1. The van der Waals surface area contributed by atoms with E-state index in [-0.39, 0.29) is 12.2 Å². The topological polar surface area (TPSA) is 65.2 Å². The Morgan fingerprint density at radius 3 is 2.74 bits per heavy atom. The van der Waals surface area contributed by atoms with Gasteiger partial charge in [-0.25, -0.2) is 4.79 Å². The van der Waals surface area contributed by atoms with Gasteiger partial charge in [-0.1, -0.05) is 11.6 Å². The molecule has 0 saturated heterocycles. The molecule has 2 N–H and O–H groups in total. The number of rotatable bonds is 4. The Balaban J connectivity index is 1.93. The largest absolute Gasteiger partial charge is 0.462 e. The minimum atomic E-state index is -0.466. The van der Waals surface area contributed by atoms with E-state index in [2.05, 4.69) is 4.98 Å². The smallest absolute Gasteiger partial charge is 0.339 e. The molecule has 0 aliphatic rings. The number of esters is 1. The van der Waals surface area contributed by atoms with Crippen LogP contribution in [0, 0.1) is 0 Å². The molecular weight excluding hydrogens is 264 g/mol. The van der Waals surface area contributed by atoms with Gasteiger partial charge in [0, 0.05) is 24.5 Å². The third-order valence-electron chi connectivity index (χ3n) is 2.58. The molecule has 2 rings (SSSR count). The number of carbonyl (C=O) groups excluding carboxylic acids is 1. The summed E-state index contributed by atoms with van der Waals surface area (Å²) in [5.41, 5.74) is 7.43. The molecule has 1 aromatic carbocycles. The van der Waals surface area contributed by atoms with Crippen LogP contribution in [0.5, 0.6) is 0 Å². The fourth-order valence-corrected chi connectivity index (χ4v) is 1.78. The SMILES string of the molecule is Nc1ccc(Cl)c(C(=O)OCCc2ccncc2)c1. The summed E-state index contributed by atoms with van der Waals surface area (Å²) in [5, 5.41) is 0.336. The van der Waals surface area contributed by atoms with Gasteiger partial charge in [-0.2, -0.15) is 0 Å². The molecular formula is C14H13ClN2O2. The van der Waals surface area contributed by atoms with Crippen LogP contribution in [0.2, 0.25) is 5.02 Å². The predicted octanol–water partition coefficient (Wildman–Crippen LogP) is 2.72. The first kappa shape index (κ1) is 13.4. The fraction of sp³-hybridized carbons (Fsp3) is 0.143. The Morgan fingerprint density at radius 2 is 2.00 bits per heavy atom. The second kappa shape index (κ2) is 6.20. The Labute approximate surface area is 116 Å². The van der Waals surface area contributed by atoms with Gasteiger partial charge < -0.3 is 10.5 Å². The number of halogens is 1. The van der Waals surface area contributed by atoms with Crippen LogP contribution in [-0.2, 0) is 11.2 Å². The molecule has 0 amide bonds. The average molecular weight is 277 g/mol. The summed E-state index contributed by atoms with van der Waals surface area (Å²) in [6.07, 6.45) is 4.03. The summed E-state index contributed by atoms with van der Waals surface area (Å²) in [7, 11) is 0. The zero-order valence-electron chi connectivity index (χ0n) is 10.2. The molecule has 2 aromatic rings. The van der Waals surface area contributed by atoms with Gasteiger partial charge in [0.25, 0.3) is 0 Å². The lowest BCUT2D eigenvalue weighted by atomic mass is 10.2. The molecule has 0 bridgehead atoms. The van der Waals surface area contributed by atoms with Crippen LogP contribution in [0.3, 0.4) is 0 Å². The van der Waals surface area contributed by atoms with E-state index in [0.29, 0.717) is 17.1 Å². The van der Waals surface area contributed by atoms with E-state index in [0.717, 1.165) is 5.56 Å². The molecule has 19 heavy (non-hydrogen) atoms. The Morgan fingerprint density at radius 1 is 1.26 bits per heavy atom. The summed E-state index contributed by atoms with van der Waals surface area (Å²) in [6.45, 7) is 0.286. The number of benzene rings is 1. The van der Waals surface area contributed by atoms with Crippen molar-refractivity contribution in [3.63, 3.8) is 0 Å². The quantitative estimate of drug-likeness (QED) is 0.689. The monoisotopic (exact) mass is 276 g/mol. The number of ether oxygens (including phenoxy) is 1. The summed E-state index contributed by atoms with van der Waals surface area (Å²) >= 11 is 5.92. The molecule has 0 aliphatic heterocycles. The zero-order chi connectivity index (χ0) is 13.7. The van der Waals surface area contributed by atoms with Crippen LogP contribution in [-0.4, -0.2) is 17.6 Å². The number of nitrogens with zero attached hydrogens (tertiary/aromatic N) is 1. The summed E-state index contributed by atoms with van der Waals surface area (Å²) in [5.74, 6) is -0.466. The Hall–Kier alpha value is -2.07. The molecule has 1 heterocycles. The molecule has 4 nitrogen and oxygen atoms in total. The standard InChI is InChI=1S/C14H13ClN2O2/c15-13-2-1-11(16)9-12(13)14(18)19-8-5-10-3-6-17-7-4-10/h1-4,6-7,9H,5,8,16H2. The van der Waals surface area contributed by atoms with Gasteiger partial charge in [-0.05, 0) is 35.9 Å². The van der Waals surface area contributed by atoms with E-state index in [1.165, 1.54) is 6.07 Å². The van der Waals surface area contributed by atoms with Crippen molar-refractivity contribution < 1.29 is 9.53 Å². The first-order valence-electron chi connectivity index (χ1n) is 5.78. The number of carbonyl (C=O) groups is 1. The van der Waals surface area contributed by atoms with Gasteiger partial charge in [0.15, 0.2) is 0 Å². The van der Waals surface area contributed by atoms with Gasteiger partial charge in [-0.15, -0.1) is 0 Å². The van der Waals surface area contributed by atoms with Crippen molar-refractivity contribution in [2.45, 2.75) is 6.42 Å². The van der Waals surface area contributed by atoms with Crippen molar-refractivity contribution in [1.29, 1.82) is 0 Å². The lowest BCUT2D eigenvalue weighted by molar-refractivity contribution is 0.0509. The molecule has 0 saturated carbocycles. The first-order chi connectivity index (χ1) is 9.16. The van der Waals surface area contributed by atoms with Crippen LogP contribution in [0.25, 0.3) is 0 Å². The van der Waals surface area contributed by atoms with E-state index in [1.54, 1.807) is 24.5 Å². The van der Waals surface area contributed by atoms with Crippen LogP contribution in [0.4, 0.5) is 5.69 Å². The Bertz CT molecular complexity index is 573. The maximum absolute atomic E-state index is 11.8. The second-order valence-corrected chi connectivity index (χ2v) is 4.39. The van der Waals surface area contributed by atoms with Gasteiger partial charge in [0.1, 0.15) is 0 Å². The highest BCUT2D eigenvalue weighted by molar-refractivity contribution is 6.33. The predicted molar refractivity (Wildman–Crippen MR) is 74.1 cm³/mol. The van der Waals surface area contributed by atoms with Gasteiger partial charge in [0.05, 0.1) is 17.2 Å². The summed E-state index contributed by atoms with van der Waals surface area (Å²) in [6, 6.07) is 8.48. The van der Waals surface area contributed by atoms with Crippen molar-refractivity contribution in [3.8, 4) is 0 Å². The molecule has 0 spiro atoms. The van der Waals surface area contributed by atoms with Crippen molar-refractivity contribution in [2.75, 3.05) is 12.3 Å². The molecule has 0 atom stereocenters. The number of nitrogen functional groups attached to an aromatic ring is 1. The maximum atomic E-state index is 11.8. The number of hydrogen-bond acceptors (Lipinski definition) is 4. The number of pyridine rings is 1. The van der Waals surface area contributed by atoms with E-state index < -0.39 is 5.97 Å². The van der Waals surface area contributed by atoms with Crippen LogP contribution < -0.4 is 5.73 Å². The minimum absolute atomic E-state index is 0.286.